The van der Waals surface area contributed by atoms with Crippen molar-refractivity contribution in [1.82, 2.24) is 4.90 Å². The topological polar surface area (TPSA) is 15.3 Å². The molecule has 0 aliphatic rings. The number of hydrogen-bond acceptors (Lipinski definition) is 3. The summed E-state index contributed by atoms with van der Waals surface area (Å²) in [6.45, 7) is 3.20. The molecule has 2 rings (SSSR count). The summed E-state index contributed by atoms with van der Waals surface area (Å²) in [6, 6.07) is 9.13. The summed E-state index contributed by atoms with van der Waals surface area (Å²) in [5.74, 6) is 0. The maximum Gasteiger partial charge on any atom is 0.0574 e. The van der Waals surface area contributed by atoms with Gasteiger partial charge in [-0.1, -0.05) is 12.1 Å². The maximum absolute atomic E-state index is 3.52. The van der Waals surface area contributed by atoms with Crippen LogP contribution in [-0.4, -0.2) is 31.6 Å². The molecule has 2 aromatic rings. The Morgan fingerprint density at radius 1 is 1.31 bits per heavy atom. The second-order valence-electron chi connectivity index (χ2n) is 4.34. The molecule has 0 saturated heterocycles. The van der Waals surface area contributed by atoms with Crippen LogP contribution in [0.5, 0.6) is 0 Å². The highest BCUT2D eigenvalue weighted by Crippen LogP contribution is 2.28. The van der Waals surface area contributed by atoms with Gasteiger partial charge in [0, 0.05) is 12.6 Å². The van der Waals surface area contributed by atoms with E-state index in [1.165, 1.54) is 15.8 Å². The molecule has 0 bridgehead atoms. The van der Waals surface area contributed by atoms with E-state index >= 15 is 0 Å². The van der Waals surface area contributed by atoms with Crippen LogP contribution in [0.15, 0.2) is 29.6 Å². The fourth-order valence-corrected chi connectivity index (χ4v) is 2.46. The number of fused-ring (bicyclic) bond motifs is 1. The number of hydrogen-bond donors (Lipinski definition) is 1. The summed E-state index contributed by atoms with van der Waals surface area (Å²) in [5, 5.41) is 6.99. The van der Waals surface area contributed by atoms with Gasteiger partial charge in [-0.05, 0) is 43.9 Å². The maximum atomic E-state index is 3.52. The largest absolute Gasteiger partial charge is 0.382 e. The molecule has 0 aliphatic heterocycles. The molecule has 1 N–H and O–H groups in total. The third kappa shape index (κ3) is 2.36. The van der Waals surface area contributed by atoms with Crippen molar-refractivity contribution in [2.24, 2.45) is 0 Å². The lowest BCUT2D eigenvalue weighted by Crippen LogP contribution is -2.31. The summed E-state index contributed by atoms with van der Waals surface area (Å²) in [4.78, 5) is 2.22. The van der Waals surface area contributed by atoms with E-state index in [0.29, 0.717) is 6.04 Å². The van der Waals surface area contributed by atoms with Crippen molar-refractivity contribution in [3.8, 4) is 0 Å². The van der Waals surface area contributed by atoms with E-state index < -0.39 is 0 Å². The van der Waals surface area contributed by atoms with Gasteiger partial charge in [0.15, 0.2) is 0 Å². The van der Waals surface area contributed by atoms with Crippen molar-refractivity contribution in [3.63, 3.8) is 0 Å². The van der Waals surface area contributed by atoms with Crippen molar-refractivity contribution in [2.75, 3.05) is 26.0 Å². The second-order valence-corrected chi connectivity index (χ2v) is 5.25. The van der Waals surface area contributed by atoms with Gasteiger partial charge < -0.3 is 10.2 Å². The predicted octanol–water partition coefficient (Wildman–Crippen LogP) is 3.26. The number of nitrogens with zero attached hydrogens (tertiary/aromatic N) is 1. The zero-order chi connectivity index (χ0) is 11.5. The fraction of sp³-hybridized carbons (Fsp3) is 0.385. The van der Waals surface area contributed by atoms with Crippen LogP contribution in [0, 0.1) is 0 Å². The lowest BCUT2D eigenvalue weighted by atomic mass is 10.2. The highest BCUT2D eigenvalue weighted by atomic mass is 32.1. The molecule has 3 heteroatoms. The zero-order valence-electron chi connectivity index (χ0n) is 10.0. The molecular formula is C13H18N2S. The molecule has 0 saturated carbocycles. The number of rotatable bonds is 4. The first-order valence-corrected chi connectivity index (χ1v) is 6.43. The van der Waals surface area contributed by atoms with E-state index in [-0.39, 0.29) is 0 Å². The first kappa shape index (κ1) is 11.4. The van der Waals surface area contributed by atoms with Crippen LogP contribution in [0.3, 0.4) is 0 Å². The Hall–Kier alpha value is -1.06. The van der Waals surface area contributed by atoms with Crippen molar-refractivity contribution in [3.05, 3.63) is 29.6 Å². The van der Waals surface area contributed by atoms with Crippen molar-refractivity contribution in [1.29, 1.82) is 0 Å². The standard InChI is InChI=1S/C13H18N2S/c1-10(15(2)3)9-14-12-6-4-5-11-7-8-16-13(11)12/h4-8,10,14H,9H2,1-3H3. The first-order valence-electron chi connectivity index (χ1n) is 5.55. The molecule has 16 heavy (non-hydrogen) atoms. The first-order chi connectivity index (χ1) is 7.68. The van der Waals surface area contributed by atoms with Crippen LogP contribution in [0.2, 0.25) is 0 Å². The summed E-state index contributed by atoms with van der Waals surface area (Å²) in [5.41, 5.74) is 1.25. The van der Waals surface area contributed by atoms with E-state index in [1.807, 2.05) is 0 Å². The SMILES string of the molecule is CC(CNc1cccc2ccsc12)N(C)C. The van der Waals surface area contributed by atoms with Gasteiger partial charge in [-0.25, -0.2) is 0 Å². The second kappa shape index (κ2) is 4.85. The molecule has 0 fully saturated rings. The molecule has 0 radical (unpaired) electrons. The highest BCUT2D eigenvalue weighted by molar-refractivity contribution is 7.17. The van der Waals surface area contributed by atoms with Crippen LogP contribution in [0.25, 0.3) is 10.1 Å². The van der Waals surface area contributed by atoms with Crippen molar-refractivity contribution >= 4 is 27.1 Å². The predicted molar refractivity (Wildman–Crippen MR) is 73.5 cm³/mol. The number of benzene rings is 1. The number of nitrogens with one attached hydrogen (secondary N) is 1. The number of thiophene rings is 1. The van der Waals surface area contributed by atoms with Gasteiger partial charge in [-0.15, -0.1) is 11.3 Å². The van der Waals surface area contributed by atoms with E-state index in [2.05, 4.69) is 60.9 Å². The molecule has 0 spiro atoms. The van der Waals surface area contributed by atoms with Crippen molar-refractivity contribution < 1.29 is 0 Å². The Balaban J connectivity index is 2.12. The van der Waals surface area contributed by atoms with Gasteiger partial charge in [-0.3, -0.25) is 0 Å². The van der Waals surface area contributed by atoms with Crippen LogP contribution in [0.1, 0.15) is 6.92 Å². The van der Waals surface area contributed by atoms with Crippen LogP contribution < -0.4 is 5.32 Å². The van der Waals surface area contributed by atoms with Crippen LogP contribution in [0.4, 0.5) is 5.69 Å². The van der Waals surface area contributed by atoms with Gasteiger partial charge in [0.2, 0.25) is 0 Å². The molecule has 0 amide bonds. The summed E-state index contributed by atoms with van der Waals surface area (Å²) >= 11 is 1.80. The van der Waals surface area contributed by atoms with Crippen LogP contribution in [-0.2, 0) is 0 Å². The third-order valence-electron chi connectivity index (χ3n) is 2.95. The monoisotopic (exact) mass is 234 g/mol. The number of likely N-dealkylation sites (N-methyl/N-ethyl adjacent to an activating group) is 1. The minimum atomic E-state index is 0.537. The number of anilines is 1. The highest BCUT2D eigenvalue weighted by Gasteiger charge is 2.06. The molecule has 86 valence electrons. The Morgan fingerprint density at radius 3 is 2.88 bits per heavy atom. The minimum absolute atomic E-state index is 0.537. The van der Waals surface area contributed by atoms with Gasteiger partial charge in [0.25, 0.3) is 0 Å². The van der Waals surface area contributed by atoms with Gasteiger partial charge in [-0.2, -0.15) is 0 Å². The smallest absolute Gasteiger partial charge is 0.0574 e. The molecule has 1 aromatic heterocycles. The molecule has 1 unspecified atom stereocenters. The molecular weight excluding hydrogens is 216 g/mol. The molecule has 0 aliphatic carbocycles. The summed E-state index contributed by atoms with van der Waals surface area (Å²) in [7, 11) is 4.22. The molecule has 1 heterocycles. The van der Waals surface area contributed by atoms with Gasteiger partial charge >= 0.3 is 0 Å². The summed E-state index contributed by atoms with van der Waals surface area (Å²) < 4.78 is 1.36. The van der Waals surface area contributed by atoms with Crippen molar-refractivity contribution in [2.45, 2.75) is 13.0 Å². The average molecular weight is 234 g/mol. The van der Waals surface area contributed by atoms with E-state index in [4.69, 9.17) is 0 Å². The molecule has 1 atom stereocenters. The normalized spacial score (nSPS) is 13.2. The van der Waals surface area contributed by atoms with Gasteiger partial charge in [0.1, 0.15) is 0 Å². The lowest BCUT2D eigenvalue weighted by Gasteiger charge is -2.20. The Bertz CT molecular complexity index is 462. The summed E-state index contributed by atoms with van der Waals surface area (Å²) in [6.07, 6.45) is 0. The lowest BCUT2D eigenvalue weighted by molar-refractivity contribution is 0.326. The van der Waals surface area contributed by atoms with E-state index in [9.17, 15) is 0 Å². The fourth-order valence-electron chi connectivity index (χ4n) is 1.57. The Morgan fingerprint density at radius 2 is 2.12 bits per heavy atom. The van der Waals surface area contributed by atoms with E-state index in [0.717, 1.165) is 6.54 Å². The minimum Gasteiger partial charge on any atom is -0.382 e. The quantitative estimate of drug-likeness (QED) is 0.873. The Kier molecular flexibility index (Phi) is 3.46. The average Bonchev–Trinajstić information content (AvgIpc) is 2.73. The molecule has 2 nitrogen and oxygen atoms in total. The van der Waals surface area contributed by atoms with Crippen LogP contribution >= 0.6 is 11.3 Å². The molecule has 1 aromatic carbocycles. The van der Waals surface area contributed by atoms with Gasteiger partial charge in [0.05, 0.1) is 10.4 Å². The zero-order valence-corrected chi connectivity index (χ0v) is 10.8. The third-order valence-corrected chi connectivity index (χ3v) is 3.91. The Labute approximate surface area is 101 Å². The van der Waals surface area contributed by atoms with E-state index in [1.54, 1.807) is 11.3 Å².